The van der Waals surface area contributed by atoms with E-state index >= 15 is 0 Å². The first kappa shape index (κ1) is 14.6. The van der Waals surface area contributed by atoms with Gasteiger partial charge in [0, 0.05) is 30.1 Å². The van der Waals surface area contributed by atoms with Gasteiger partial charge in [0.2, 0.25) is 0 Å². The van der Waals surface area contributed by atoms with Gasteiger partial charge in [-0.15, -0.1) is 11.3 Å². The van der Waals surface area contributed by atoms with Crippen LogP contribution in [0.25, 0.3) is 10.6 Å². The molecule has 21 heavy (non-hydrogen) atoms. The molecule has 1 fully saturated rings. The fraction of sp³-hybridized carbons (Fsp3) is 0.438. The van der Waals surface area contributed by atoms with Crippen molar-refractivity contribution < 1.29 is 9.13 Å². The summed E-state index contributed by atoms with van der Waals surface area (Å²) in [6.45, 7) is 3.03. The molecule has 0 bridgehead atoms. The number of aryl methyl sites for hydroxylation is 1. The van der Waals surface area contributed by atoms with Crippen molar-refractivity contribution in [3.8, 4) is 10.6 Å². The van der Waals surface area contributed by atoms with E-state index in [0.717, 1.165) is 22.1 Å². The van der Waals surface area contributed by atoms with Crippen molar-refractivity contribution in [3.63, 3.8) is 0 Å². The molecule has 3 rings (SSSR count). The van der Waals surface area contributed by atoms with E-state index in [-0.39, 0.29) is 5.82 Å². The first-order valence-electron chi connectivity index (χ1n) is 7.15. The number of methoxy groups -OCH3 is 1. The van der Waals surface area contributed by atoms with Gasteiger partial charge in [-0.1, -0.05) is 12.1 Å². The Labute approximate surface area is 128 Å². The molecule has 0 amide bonds. The van der Waals surface area contributed by atoms with E-state index < -0.39 is 0 Å². The molecule has 3 nitrogen and oxygen atoms in total. The molecule has 5 heteroatoms. The van der Waals surface area contributed by atoms with Crippen molar-refractivity contribution in [2.45, 2.75) is 39.0 Å². The third kappa shape index (κ3) is 3.31. The molecule has 0 unspecified atom stereocenters. The van der Waals surface area contributed by atoms with Crippen LogP contribution in [-0.2, 0) is 17.9 Å². The van der Waals surface area contributed by atoms with Gasteiger partial charge in [0.1, 0.15) is 10.8 Å². The average Bonchev–Trinajstić information content (AvgIpc) is 3.22. The van der Waals surface area contributed by atoms with E-state index in [1.54, 1.807) is 37.5 Å². The van der Waals surface area contributed by atoms with Crippen LogP contribution >= 0.6 is 11.3 Å². The van der Waals surface area contributed by atoms with Gasteiger partial charge in [-0.05, 0) is 31.4 Å². The van der Waals surface area contributed by atoms with Crippen LogP contribution in [0.3, 0.4) is 0 Å². The summed E-state index contributed by atoms with van der Waals surface area (Å²) in [5, 5.41) is 4.22. The van der Waals surface area contributed by atoms with Crippen molar-refractivity contribution >= 4 is 11.3 Å². The van der Waals surface area contributed by atoms with Gasteiger partial charge in [0.15, 0.2) is 0 Å². The second-order valence-corrected chi connectivity index (χ2v) is 6.50. The van der Waals surface area contributed by atoms with Gasteiger partial charge in [-0.2, -0.15) is 0 Å². The first-order chi connectivity index (χ1) is 10.2. The molecular weight excluding hydrogens is 287 g/mol. The van der Waals surface area contributed by atoms with Crippen LogP contribution in [0.15, 0.2) is 18.2 Å². The minimum absolute atomic E-state index is 0.183. The first-order valence-corrected chi connectivity index (χ1v) is 7.97. The predicted octanol–water partition coefficient (Wildman–Crippen LogP) is 3.66. The molecule has 1 aromatic heterocycles. The Morgan fingerprint density at radius 2 is 2.24 bits per heavy atom. The molecule has 1 heterocycles. The number of benzene rings is 1. The van der Waals surface area contributed by atoms with E-state index in [4.69, 9.17) is 4.74 Å². The van der Waals surface area contributed by atoms with Crippen molar-refractivity contribution in [1.82, 2.24) is 10.3 Å². The SMILES string of the molecule is COCc1nc(-c2cccc(C)c2F)sc1CNC1CC1. The number of rotatable bonds is 6. The van der Waals surface area contributed by atoms with Crippen LogP contribution in [0.1, 0.15) is 29.0 Å². The number of ether oxygens (including phenoxy) is 1. The molecule has 1 N–H and O–H groups in total. The van der Waals surface area contributed by atoms with Gasteiger partial charge in [0.05, 0.1) is 12.3 Å². The summed E-state index contributed by atoms with van der Waals surface area (Å²) in [6, 6.07) is 6.07. The summed E-state index contributed by atoms with van der Waals surface area (Å²) in [7, 11) is 1.66. The summed E-state index contributed by atoms with van der Waals surface area (Å²) in [6.07, 6.45) is 2.50. The Morgan fingerprint density at radius 3 is 2.95 bits per heavy atom. The summed E-state index contributed by atoms with van der Waals surface area (Å²) < 4.78 is 19.5. The molecule has 1 aromatic carbocycles. The number of halogens is 1. The minimum Gasteiger partial charge on any atom is -0.378 e. The smallest absolute Gasteiger partial charge is 0.136 e. The van der Waals surface area contributed by atoms with Gasteiger partial charge in [0.25, 0.3) is 0 Å². The Kier molecular flexibility index (Phi) is 4.33. The Balaban J connectivity index is 1.90. The fourth-order valence-electron chi connectivity index (χ4n) is 2.22. The quantitative estimate of drug-likeness (QED) is 0.884. The molecule has 112 valence electrons. The molecule has 0 radical (unpaired) electrons. The predicted molar refractivity (Wildman–Crippen MR) is 82.8 cm³/mol. The summed E-state index contributed by atoms with van der Waals surface area (Å²) in [5.41, 5.74) is 2.13. The number of thiazole rings is 1. The van der Waals surface area contributed by atoms with E-state index in [1.807, 2.05) is 6.07 Å². The topological polar surface area (TPSA) is 34.1 Å². The average molecular weight is 306 g/mol. The number of aromatic nitrogens is 1. The highest BCUT2D eigenvalue weighted by Crippen LogP contribution is 2.32. The molecule has 1 saturated carbocycles. The Morgan fingerprint density at radius 1 is 1.43 bits per heavy atom. The maximum Gasteiger partial charge on any atom is 0.136 e. The fourth-order valence-corrected chi connectivity index (χ4v) is 3.26. The van der Waals surface area contributed by atoms with Crippen LogP contribution in [0.2, 0.25) is 0 Å². The molecule has 0 saturated heterocycles. The van der Waals surface area contributed by atoms with Crippen molar-refractivity contribution in [1.29, 1.82) is 0 Å². The third-order valence-electron chi connectivity index (χ3n) is 3.61. The zero-order valence-corrected chi connectivity index (χ0v) is 13.1. The van der Waals surface area contributed by atoms with Gasteiger partial charge < -0.3 is 10.1 Å². The van der Waals surface area contributed by atoms with Gasteiger partial charge in [-0.25, -0.2) is 9.37 Å². The van der Waals surface area contributed by atoms with Crippen LogP contribution < -0.4 is 5.32 Å². The van der Waals surface area contributed by atoms with Gasteiger partial charge in [-0.3, -0.25) is 0 Å². The zero-order valence-electron chi connectivity index (χ0n) is 12.3. The summed E-state index contributed by atoms with van der Waals surface area (Å²) in [4.78, 5) is 5.72. The van der Waals surface area contributed by atoms with Crippen molar-refractivity contribution in [2.75, 3.05) is 7.11 Å². The monoisotopic (exact) mass is 306 g/mol. The highest BCUT2D eigenvalue weighted by molar-refractivity contribution is 7.15. The normalized spacial score (nSPS) is 14.6. The number of nitrogens with one attached hydrogen (secondary N) is 1. The number of hydrogen-bond donors (Lipinski definition) is 1. The van der Waals surface area contributed by atoms with Crippen LogP contribution in [-0.4, -0.2) is 18.1 Å². The molecule has 1 aliphatic carbocycles. The molecule has 0 aliphatic heterocycles. The lowest BCUT2D eigenvalue weighted by Crippen LogP contribution is -2.15. The lowest BCUT2D eigenvalue weighted by molar-refractivity contribution is 0.181. The Hall–Kier alpha value is -1.30. The highest BCUT2D eigenvalue weighted by atomic mass is 32.1. The highest BCUT2D eigenvalue weighted by Gasteiger charge is 2.22. The van der Waals surface area contributed by atoms with E-state index in [0.29, 0.717) is 23.8 Å². The van der Waals surface area contributed by atoms with E-state index in [1.165, 1.54) is 12.8 Å². The second-order valence-electron chi connectivity index (χ2n) is 5.41. The maximum absolute atomic E-state index is 14.3. The second kappa shape index (κ2) is 6.22. The van der Waals surface area contributed by atoms with Crippen molar-refractivity contribution in [3.05, 3.63) is 40.2 Å². The van der Waals surface area contributed by atoms with Gasteiger partial charge >= 0.3 is 0 Å². The van der Waals surface area contributed by atoms with Crippen LogP contribution in [0, 0.1) is 12.7 Å². The van der Waals surface area contributed by atoms with E-state index in [2.05, 4.69) is 10.3 Å². The third-order valence-corrected chi connectivity index (χ3v) is 4.74. The summed E-state index contributed by atoms with van der Waals surface area (Å²) in [5.74, 6) is -0.183. The Bertz CT molecular complexity index is 637. The van der Waals surface area contributed by atoms with E-state index in [9.17, 15) is 4.39 Å². The van der Waals surface area contributed by atoms with Crippen molar-refractivity contribution in [2.24, 2.45) is 0 Å². The number of nitrogens with zero attached hydrogens (tertiary/aromatic N) is 1. The lowest BCUT2D eigenvalue weighted by Gasteiger charge is -2.02. The van der Waals surface area contributed by atoms with Crippen LogP contribution in [0.4, 0.5) is 4.39 Å². The molecule has 0 spiro atoms. The van der Waals surface area contributed by atoms with Crippen LogP contribution in [0.5, 0.6) is 0 Å². The molecule has 2 aromatic rings. The zero-order chi connectivity index (χ0) is 14.8. The molecule has 1 aliphatic rings. The largest absolute Gasteiger partial charge is 0.378 e. The summed E-state index contributed by atoms with van der Waals surface area (Å²) >= 11 is 1.55. The molecule has 0 atom stereocenters. The lowest BCUT2D eigenvalue weighted by atomic mass is 10.1. The molecular formula is C16H19FN2OS. The standard InChI is InChI=1S/C16H19FN2OS/c1-10-4-3-5-12(15(10)17)16-19-13(9-20-2)14(21-16)8-18-11-6-7-11/h3-5,11,18H,6-9H2,1-2H3. The number of hydrogen-bond acceptors (Lipinski definition) is 4. The minimum atomic E-state index is -0.183. The maximum atomic E-state index is 14.3.